The lowest BCUT2D eigenvalue weighted by Gasteiger charge is -2.47. The van der Waals surface area contributed by atoms with Gasteiger partial charge in [0.2, 0.25) is 0 Å². The zero-order valence-corrected chi connectivity index (χ0v) is 11.9. The Morgan fingerprint density at radius 2 is 1.08 bits per heavy atom. The van der Waals surface area contributed by atoms with Crippen LogP contribution in [-0.4, -0.2) is 9.49 Å². The smallest absolute Gasteiger partial charge is 0.0150 e. The largest absolute Gasteiger partial charge is 0.0830 e. The highest BCUT2D eigenvalue weighted by Gasteiger charge is 2.64. The van der Waals surface area contributed by atoms with Crippen molar-refractivity contribution >= 4 is 36.6 Å². The van der Waals surface area contributed by atoms with E-state index in [0.717, 1.165) is 0 Å². The molecule has 0 aromatic heterocycles. The average molecular weight is 242 g/mol. The van der Waals surface area contributed by atoms with Gasteiger partial charge in [-0.3, -0.25) is 0 Å². The van der Waals surface area contributed by atoms with E-state index in [0.29, 0.717) is 0 Å². The topological polar surface area (TPSA) is 0 Å². The first kappa shape index (κ1) is 11.3. The van der Waals surface area contributed by atoms with E-state index in [2.05, 4.69) is 41.5 Å². The Morgan fingerprint density at radius 3 is 1.08 bits per heavy atom. The van der Waals surface area contributed by atoms with Gasteiger partial charge in [0.15, 0.2) is 0 Å². The third kappa shape index (κ3) is 1.14. The lowest BCUT2D eigenvalue weighted by Crippen LogP contribution is -2.47. The Morgan fingerprint density at radius 1 is 0.833 bits per heavy atom. The molecule has 0 unspecified atom stereocenters. The molecule has 0 bridgehead atoms. The number of hydrogen-bond donors (Lipinski definition) is 0. The van der Waals surface area contributed by atoms with E-state index in [4.69, 9.17) is 11.2 Å². The van der Waals surface area contributed by atoms with Crippen molar-refractivity contribution in [2.24, 2.45) is 0 Å². The summed E-state index contributed by atoms with van der Waals surface area (Å²) in [5.41, 5.74) is 0. The molecule has 0 amide bonds. The molecule has 1 aliphatic rings. The summed E-state index contributed by atoms with van der Waals surface area (Å²) in [5.74, 6) is -1.65. The number of hydrogen-bond acceptors (Lipinski definition) is 3. The molecule has 0 saturated carbocycles. The van der Waals surface area contributed by atoms with E-state index in [1.54, 1.807) is 0 Å². The van der Waals surface area contributed by atoms with E-state index in [-0.39, 0.29) is 9.49 Å². The molecular weight excluding hydrogens is 224 g/mol. The summed E-state index contributed by atoms with van der Waals surface area (Å²) >= 11 is 5.97. The standard InChI is InChI=1S/C8H18S4/c1-7(2,3)12(9,10-11-12)8(4,5)6/h1-6H3. The van der Waals surface area contributed by atoms with E-state index >= 15 is 0 Å². The molecule has 1 saturated heterocycles. The molecule has 0 nitrogen and oxygen atoms in total. The molecule has 1 rings (SSSR count). The van der Waals surface area contributed by atoms with Crippen molar-refractivity contribution < 1.29 is 0 Å². The first-order chi connectivity index (χ1) is 5.03. The molecule has 1 aliphatic heterocycles. The van der Waals surface area contributed by atoms with Crippen molar-refractivity contribution in [1.82, 2.24) is 0 Å². The molecule has 1 heterocycles. The van der Waals surface area contributed by atoms with Gasteiger partial charge in [-0.1, -0.05) is 47.3 Å². The normalized spacial score (nSPS) is 30.3. The van der Waals surface area contributed by atoms with Gasteiger partial charge in [-0.15, -0.1) is 0 Å². The third-order valence-corrected chi connectivity index (χ3v) is 25.3. The van der Waals surface area contributed by atoms with E-state index in [1.807, 2.05) is 19.7 Å². The highest BCUT2D eigenvalue weighted by Crippen LogP contribution is 2.86. The van der Waals surface area contributed by atoms with E-state index in [1.165, 1.54) is 0 Å². The second-order valence-corrected chi connectivity index (χ2v) is 20.7. The Balaban J connectivity index is 3.23. The predicted octanol–water partition coefficient (Wildman–Crippen LogP) is 3.96. The maximum absolute atomic E-state index is 5.97. The van der Waals surface area contributed by atoms with Crippen molar-refractivity contribution in [2.75, 3.05) is 0 Å². The summed E-state index contributed by atoms with van der Waals surface area (Å²) < 4.78 is 0.556. The molecule has 12 heavy (non-hydrogen) atoms. The summed E-state index contributed by atoms with van der Waals surface area (Å²) in [7, 11) is 3.94. The van der Waals surface area contributed by atoms with Gasteiger partial charge in [-0.25, -0.2) is 0 Å². The fourth-order valence-corrected chi connectivity index (χ4v) is 18.8. The molecule has 4 heteroatoms. The summed E-state index contributed by atoms with van der Waals surface area (Å²) in [5, 5.41) is 0. The monoisotopic (exact) mass is 242 g/mol. The number of rotatable bonds is 0. The van der Waals surface area contributed by atoms with Gasteiger partial charge in [0.25, 0.3) is 0 Å². The van der Waals surface area contributed by atoms with E-state index in [9.17, 15) is 0 Å². The fraction of sp³-hybridized carbons (Fsp3) is 1.00. The lowest BCUT2D eigenvalue weighted by molar-refractivity contribution is 0.728. The zero-order valence-electron chi connectivity index (χ0n) is 8.63. The minimum Gasteiger partial charge on any atom is -0.0830 e. The van der Waals surface area contributed by atoms with Crippen LogP contribution in [0.4, 0.5) is 0 Å². The van der Waals surface area contributed by atoms with E-state index < -0.39 is 5.78 Å². The maximum Gasteiger partial charge on any atom is 0.0150 e. The van der Waals surface area contributed by atoms with Gasteiger partial charge in [0.1, 0.15) is 0 Å². The van der Waals surface area contributed by atoms with Gasteiger partial charge in [0, 0.05) is 9.49 Å². The van der Waals surface area contributed by atoms with Crippen LogP contribution in [0.2, 0.25) is 0 Å². The summed E-state index contributed by atoms with van der Waals surface area (Å²) in [6.45, 7) is 13.8. The van der Waals surface area contributed by atoms with Crippen LogP contribution in [0.1, 0.15) is 41.5 Å². The van der Waals surface area contributed by atoms with Crippen LogP contribution >= 0.6 is 19.7 Å². The van der Waals surface area contributed by atoms with Crippen LogP contribution in [0.25, 0.3) is 0 Å². The minimum absolute atomic E-state index is 0.278. The van der Waals surface area contributed by atoms with Gasteiger partial charge in [-0.05, 0) is 30.8 Å². The van der Waals surface area contributed by atoms with Gasteiger partial charge in [0.05, 0.1) is 0 Å². The average Bonchev–Trinajstić information content (AvgIpc) is 2.40. The van der Waals surface area contributed by atoms with Gasteiger partial charge < -0.3 is 0 Å². The van der Waals surface area contributed by atoms with Crippen LogP contribution in [-0.2, 0) is 17.0 Å². The first-order valence-electron chi connectivity index (χ1n) is 4.07. The van der Waals surface area contributed by atoms with Crippen LogP contribution < -0.4 is 0 Å². The van der Waals surface area contributed by atoms with Crippen molar-refractivity contribution in [3.63, 3.8) is 0 Å². The molecule has 0 aliphatic carbocycles. The molecular formula is C8H18S4. The van der Waals surface area contributed by atoms with Crippen molar-refractivity contribution in [2.45, 2.75) is 51.0 Å². The van der Waals surface area contributed by atoms with Gasteiger partial charge in [-0.2, -0.15) is 0 Å². The van der Waals surface area contributed by atoms with Crippen molar-refractivity contribution in [3.05, 3.63) is 0 Å². The lowest BCUT2D eigenvalue weighted by atomic mass is 10.2. The Labute approximate surface area is 87.4 Å². The van der Waals surface area contributed by atoms with Crippen LogP contribution in [0.5, 0.6) is 0 Å². The fourth-order valence-electron chi connectivity index (χ4n) is 1.37. The van der Waals surface area contributed by atoms with Crippen LogP contribution in [0, 0.1) is 0 Å². The summed E-state index contributed by atoms with van der Waals surface area (Å²) in [6, 6.07) is 0. The second kappa shape index (κ2) is 2.44. The molecule has 0 N–H and O–H groups in total. The molecule has 74 valence electrons. The van der Waals surface area contributed by atoms with Gasteiger partial charge >= 0.3 is 0 Å². The highest BCUT2D eigenvalue weighted by molar-refractivity contribution is 9.70. The van der Waals surface area contributed by atoms with Crippen molar-refractivity contribution in [3.8, 4) is 0 Å². The first-order valence-corrected chi connectivity index (χ1v) is 10.2. The second-order valence-electron chi connectivity index (χ2n) is 5.17. The van der Waals surface area contributed by atoms with Crippen LogP contribution in [0.15, 0.2) is 0 Å². The Hall–Kier alpha value is 1.27. The quantitative estimate of drug-likeness (QED) is 0.466. The molecule has 1 fully saturated rings. The highest BCUT2D eigenvalue weighted by atomic mass is 34.2. The van der Waals surface area contributed by atoms with Crippen LogP contribution in [0.3, 0.4) is 0 Å². The minimum atomic E-state index is -1.65. The summed E-state index contributed by atoms with van der Waals surface area (Å²) in [6.07, 6.45) is 0. The molecule has 0 aromatic carbocycles. The predicted molar refractivity (Wildman–Crippen MR) is 69.4 cm³/mol. The zero-order chi connectivity index (χ0) is 9.86. The van der Waals surface area contributed by atoms with Crippen molar-refractivity contribution in [1.29, 1.82) is 0 Å². The molecule has 0 spiro atoms. The Kier molecular flexibility index (Phi) is 2.31. The SMILES string of the molecule is CC(C)(C)S1(=S)(C(C)(C)C)SS1. The molecule has 0 atom stereocenters. The molecule has 0 aromatic rings. The third-order valence-electron chi connectivity index (χ3n) is 2.37. The maximum atomic E-state index is 5.97. The summed E-state index contributed by atoms with van der Waals surface area (Å²) in [4.78, 5) is 0. The Bertz CT molecular complexity index is 236. The molecule has 0 radical (unpaired) electrons.